The van der Waals surface area contributed by atoms with Crippen LogP contribution in [0.2, 0.25) is 0 Å². The summed E-state index contributed by atoms with van der Waals surface area (Å²) in [5, 5.41) is 29.6. The molecule has 0 fully saturated rings. The first-order valence-electron chi connectivity index (χ1n) is 8.46. The number of hydrogen-bond donors (Lipinski definition) is 3. The van der Waals surface area contributed by atoms with Crippen LogP contribution in [0.25, 0.3) is 0 Å². The Morgan fingerprint density at radius 3 is 1.68 bits per heavy atom. The highest BCUT2D eigenvalue weighted by molar-refractivity contribution is 5.21. The van der Waals surface area contributed by atoms with Crippen molar-refractivity contribution in [1.29, 1.82) is 0 Å². The first-order chi connectivity index (χ1) is 13.2. The minimum atomic E-state index is -1.15. The van der Waals surface area contributed by atoms with Gasteiger partial charge in [0.05, 0.1) is 20.3 Å². The average molecular weight is 394 g/mol. The molecule has 2 heterocycles. The third-order valence-electron chi connectivity index (χ3n) is 3.91. The molecule has 10 heteroatoms. The SMILES string of the molecule is COc1ccc(C(O)C(C)[N+](=O)[O-])cn1.COc1ccc([C@@H](O)[C@H](C)N)cn1. The Bertz CT molecular complexity index is 724. The van der Waals surface area contributed by atoms with Gasteiger partial charge in [-0.25, -0.2) is 9.97 Å². The number of rotatable bonds is 7. The summed E-state index contributed by atoms with van der Waals surface area (Å²) in [7, 11) is 3.02. The van der Waals surface area contributed by atoms with E-state index in [0.29, 0.717) is 22.9 Å². The van der Waals surface area contributed by atoms with Crippen molar-refractivity contribution >= 4 is 0 Å². The van der Waals surface area contributed by atoms with Gasteiger partial charge in [0, 0.05) is 53.5 Å². The molecule has 0 amide bonds. The number of aliphatic hydroxyl groups excluding tert-OH is 2. The maximum absolute atomic E-state index is 10.4. The molecule has 2 rings (SSSR count). The van der Waals surface area contributed by atoms with Crippen LogP contribution < -0.4 is 15.2 Å². The highest BCUT2D eigenvalue weighted by Crippen LogP contribution is 2.19. The van der Waals surface area contributed by atoms with Crippen LogP contribution >= 0.6 is 0 Å². The van der Waals surface area contributed by atoms with Crippen LogP contribution in [0.5, 0.6) is 11.8 Å². The quantitative estimate of drug-likeness (QED) is 0.465. The third-order valence-corrected chi connectivity index (χ3v) is 3.91. The minimum absolute atomic E-state index is 0.296. The zero-order valence-corrected chi connectivity index (χ0v) is 16.2. The molecule has 0 radical (unpaired) electrons. The number of pyridine rings is 2. The summed E-state index contributed by atoms with van der Waals surface area (Å²) in [4.78, 5) is 17.7. The molecule has 10 nitrogen and oxygen atoms in total. The zero-order chi connectivity index (χ0) is 21.3. The van der Waals surface area contributed by atoms with E-state index in [1.807, 2.05) is 0 Å². The fourth-order valence-corrected chi connectivity index (χ4v) is 2.07. The maximum Gasteiger partial charge on any atom is 0.240 e. The van der Waals surface area contributed by atoms with E-state index in [0.717, 1.165) is 0 Å². The zero-order valence-electron chi connectivity index (χ0n) is 16.2. The second-order valence-electron chi connectivity index (χ2n) is 6.04. The van der Waals surface area contributed by atoms with E-state index in [9.17, 15) is 20.3 Å². The van der Waals surface area contributed by atoms with Crippen molar-refractivity contribution in [3.05, 3.63) is 57.9 Å². The summed E-state index contributed by atoms with van der Waals surface area (Å²) in [6, 6.07) is 5.19. The molecule has 28 heavy (non-hydrogen) atoms. The van der Waals surface area contributed by atoms with E-state index in [1.54, 1.807) is 44.5 Å². The predicted octanol–water partition coefficient (Wildman–Crippen LogP) is 1.26. The molecule has 0 aliphatic rings. The Balaban J connectivity index is 0.000000283. The van der Waals surface area contributed by atoms with Crippen molar-refractivity contribution in [3.63, 3.8) is 0 Å². The number of hydrogen-bond acceptors (Lipinski definition) is 9. The molecular formula is C18H26N4O6. The Morgan fingerprint density at radius 2 is 1.39 bits per heavy atom. The molecule has 0 spiro atoms. The van der Waals surface area contributed by atoms with Crippen LogP contribution in [-0.2, 0) is 0 Å². The van der Waals surface area contributed by atoms with Gasteiger partial charge in [-0.1, -0.05) is 0 Å². The van der Waals surface area contributed by atoms with Crippen molar-refractivity contribution in [2.75, 3.05) is 14.2 Å². The van der Waals surface area contributed by atoms with Crippen LogP contribution in [0.1, 0.15) is 37.2 Å². The van der Waals surface area contributed by atoms with Crippen molar-refractivity contribution in [3.8, 4) is 11.8 Å². The number of aliphatic hydroxyl groups is 2. The Hall–Kier alpha value is -2.82. The highest BCUT2D eigenvalue weighted by Gasteiger charge is 2.25. The molecule has 4 atom stereocenters. The molecule has 0 aliphatic heterocycles. The monoisotopic (exact) mass is 394 g/mol. The summed E-state index contributed by atoms with van der Waals surface area (Å²) in [6.45, 7) is 3.09. The highest BCUT2D eigenvalue weighted by atomic mass is 16.6. The number of nitro groups is 1. The van der Waals surface area contributed by atoms with Gasteiger partial charge in [-0.2, -0.15) is 0 Å². The van der Waals surface area contributed by atoms with Gasteiger partial charge in [-0.15, -0.1) is 0 Å². The predicted molar refractivity (Wildman–Crippen MR) is 102 cm³/mol. The summed E-state index contributed by atoms with van der Waals surface area (Å²) in [5.74, 6) is 0.931. The number of methoxy groups -OCH3 is 2. The largest absolute Gasteiger partial charge is 0.481 e. The van der Waals surface area contributed by atoms with E-state index in [4.69, 9.17) is 15.2 Å². The van der Waals surface area contributed by atoms with Gasteiger partial charge in [-0.3, -0.25) is 10.1 Å². The van der Waals surface area contributed by atoms with Gasteiger partial charge in [0.25, 0.3) is 0 Å². The van der Waals surface area contributed by atoms with Crippen LogP contribution in [0.15, 0.2) is 36.7 Å². The lowest BCUT2D eigenvalue weighted by Gasteiger charge is -2.14. The van der Waals surface area contributed by atoms with Gasteiger partial charge in [0.15, 0.2) is 0 Å². The molecule has 0 aromatic carbocycles. The number of aromatic nitrogens is 2. The van der Waals surface area contributed by atoms with Crippen molar-refractivity contribution in [2.45, 2.75) is 38.1 Å². The lowest BCUT2D eigenvalue weighted by Crippen LogP contribution is -2.24. The van der Waals surface area contributed by atoms with Crippen LogP contribution in [-0.4, -0.2) is 51.4 Å². The molecule has 0 aliphatic carbocycles. The fourth-order valence-electron chi connectivity index (χ4n) is 2.07. The Morgan fingerprint density at radius 1 is 0.964 bits per heavy atom. The topological polar surface area (TPSA) is 154 Å². The normalized spacial score (nSPS) is 14.7. The molecule has 0 saturated carbocycles. The fraction of sp³-hybridized carbons (Fsp3) is 0.444. The molecule has 4 N–H and O–H groups in total. The lowest BCUT2D eigenvalue weighted by atomic mass is 10.1. The standard InChI is InChI=1S/C9H12N2O4.C9H14N2O2/c1-6(11(13)14)9(12)7-3-4-8(15-2)10-5-7;1-6(10)9(12)7-3-4-8(13-2)11-5-7/h3-6,9,12H,1-2H3;3-6,9,12H,10H2,1-2H3/t;6-,9-/m.0/s1. The number of nitrogens with zero attached hydrogens (tertiary/aromatic N) is 3. The molecule has 2 aromatic rings. The van der Waals surface area contributed by atoms with Crippen LogP contribution in [0.4, 0.5) is 0 Å². The molecule has 0 saturated heterocycles. The van der Waals surface area contributed by atoms with E-state index in [1.165, 1.54) is 20.2 Å². The average Bonchev–Trinajstić information content (AvgIpc) is 2.72. The summed E-state index contributed by atoms with van der Waals surface area (Å²) < 4.78 is 9.72. The first-order valence-corrected chi connectivity index (χ1v) is 8.46. The summed E-state index contributed by atoms with van der Waals surface area (Å²) >= 11 is 0. The van der Waals surface area contributed by atoms with Crippen molar-refractivity contribution in [2.24, 2.45) is 5.73 Å². The van der Waals surface area contributed by atoms with Gasteiger partial charge < -0.3 is 25.4 Å². The van der Waals surface area contributed by atoms with Gasteiger partial charge in [0.2, 0.25) is 17.8 Å². The maximum atomic E-state index is 10.4. The van der Waals surface area contributed by atoms with Gasteiger partial charge in [-0.05, 0) is 19.1 Å². The summed E-state index contributed by atoms with van der Waals surface area (Å²) in [6.07, 6.45) is 1.10. The summed E-state index contributed by atoms with van der Waals surface area (Å²) in [5.41, 5.74) is 6.64. The lowest BCUT2D eigenvalue weighted by molar-refractivity contribution is -0.531. The molecular weight excluding hydrogens is 368 g/mol. The second-order valence-corrected chi connectivity index (χ2v) is 6.04. The smallest absolute Gasteiger partial charge is 0.240 e. The molecule has 154 valence electrons. The molecule has 0 bridgehead atoms. The minimum Gasteiger partial charge on any atom is -0.481 e. The number of nitrogens with two attached hydrogens (primary N) is 1. The second kappa shape index (κ2) is 11.1. The van der Waals surface area contributed by atoms with Gasteiger partial charge in [0.1, 0.15) is 6.10 Å². The van der Waals surface area contributed by atoms with Crippen molar-refractivity contribution < 1.29 is 24.6 Å². The van der Waals surface area contributed by atoms with E-state index in [2.05, 4.69) is 9.97 Å². The Kier molecular flexibility index (Phi) is 9.22. The van der Waals surface area contributed by atoms with E-state index >= 15 is 0 Å². The Labute approximate surface area is 163 Å². The van der Waals surface area contributed by atoms with Crippen LogP contribution in [0, 0.1) is 10.1 Å². The number of ether oxygens (including phenoxy) is 2. The molecule has 2 aromatic heterocycles. The first kappa shape index (κ1) is 23.2. The van der Waals surface area contributed by atoms with Crippen LogP contribution in [0.3, 0.4) is 0 Å². The molecule has 2 unspecified atom stereocenters. The van der Waals surface area contributed by atoms with Crippen molar-refractivity contribution in [1.82, 2.24) is 9.97 Å². The van der Waals surface area contributed by atoms with Gasteiger partial charge >= 0.3 is 0 Å². The third kappa shape index (κ3) is 6.72. The van der Waals surface area contributed by atoms with E-state index in [-0.39, 0.29) is 6.04 Å². The van der Waals surface area contributed by atoms with E-state index < -0.39 is 23.2 Å².